The molecule has 0 atom stereocenters. The van der Waals surface area contributed by atoms with Gasteiger partial charge in [-0.1, -0.05) is 42.5 Å². The Balaban J connectivity index is 1.28. The quantitative estimate of drug-likeness (QED) is 0.738. The van der Waals surface area contributed by atoms with E-state index in [-0.39, 0.29) is 18.3 Å². The molecule has 0 unspecified atom stereocenters. The van der Waals surface area contributed by atoms with Gasteiger partial charge >= 0.3 is 0 Å². The minimum absolute atomic E-state index is 0.0913. The Morgan fingerprint density at radius 2 is 1.61 bits per heavy atom. The first kappa shape index (κ1) is 18.2. The number of para-hydroxylation sites is 2. The fraction of sp³-hybridized carbons (Fsp3) is 0.261. The van der Waals surface area contributed by atoms with Crippen LogP contribution in [0.2, 0.25) is 0 Å². The first-order chi connectivity index (χ1) is 13.7. The number of hydrogen-bond donors (Lipinski definition) is 1. The van der Waals surface area contributed by atoms with Crippen LogP contribution in [0.25, 0.3) is 10.8 Å². The Morgan fingerprint density at radius 3 is 2.39 bits per heavy atom. The molecule has 1 amide bonds. The molecule has 28 heavy (non-hydrogen) atoms. The first-order valence-corrected chi connectivity index (χ1v) is 9.63. The molecular formula is C23H24N2O3. The number of nitrogens with zero attached hydrogens (tertiary/aromatic N) is 2. The second-order valence-electron chi connectivity index (χ2n) is 6.97. The van der Waals surface area contributed by atoms with Gasteiger partial charge in [0.2, 0.25) is 5.91 Å². The van der Waals surface area contributed by atoms with Crippen LogP contribution in [0.4, 0.5) is 5.69 Å². The van der Waals surface area contributed by atoms with Crippen molar-refractivity contribution >= 4 is 22.4 Å². The van der Waals surface area contributed by atoms with Crippen molar-refractivity contribution in [2.24, 2.45) is 0 Å². The highest BCUT2D eigenvalue weighted by atomic mass is 16.5. The molecule has 1 aliphatic heterocycles. The molecule has 3 aromatic carbocycles. The molecule has 5 nitrogen and oxygen atoms in total. The smallest absolute Gasteiger partial charge is 0.226 e. The van der Waals surface area contributed by atoms with Crippen LogP contribution in [-0.2, 0) is 4.79 Å². The van der Waals surface area contributed by atoms with Gasteiger partial charge in [0.05, 0.1) is 13.0 Å². The minimum atomic E-state index is 0.0913. The topological polar surface area (TPSA) is 53.0 Å². The largest absolute Gasteiger partial charge is 0.504 e. The van der Waals surface area contributed by atoms with Gasteiger partial charge in [0.15, 0.2) is 11.5 Å². The van der Waals surface area contributed by atoms with Crippen molar-refractivity contribution in [2.75, 3.05) is 37.7 Å². The zero-order valence-corrected chi connectivity index (χ0v) is 15.8. The van der Waals surface area contributed by atoms with Gasteiger partial charge in [0, 0.05) is 31.9 Å². The van der Waals surface area contributed by atoms with Gasteiger partial charge in [-0.3, -0.25) is 4.79 Å². The molecule has 1 saturated heterocycles. The van der Waals surface area contributed by atoms with E-state index in [4.69, 9.17) is 4.74 Å². The van der Waals surface area contributed by atoms with Crippen LogP contribution in [0, 0.1) is 0 Å². The molecule has 1 fully saturated rings. The van der Waals surface area contributed by atoms with Crippen LogP contribution in [0.1, 0.15) is 6.42 Å². The first-order valence-electron chi connectivity index (χ1n) is 9.63. The minimum Gasteiger partial charge on any atom is -0.504 e. The second kappa shape index (κ2) is 8.21. The molecule has 4 rings (SSSR count). The number of phenols is 1. The summed E-state index contributed by atoms with van der Waals surface area (Å²) in [6.07, 6.45) is 0.310. The third kappa shape index (κ3) is 4.03. The zero-order chi connectivity index (χ0) is 19.3. The lowest BCUT2D eigenvalue weighted by Gasteiger charge is -2.36. The molecule has 0 radical (unpaired) electrons. The fourth-order valence-electron chi connectivity index (χ4n) is 3.57. The lowest BCUT2D eigenvalue weighted by atomic mass is 10.1. The van der Waals surface area contributed by atoms with E-state index in [0.29, 0.717) is 25.3 Å². The van der Waals surface area contributed by atoms with Crippen molar-refractivity contribution in [3.05, 3.63) is 66.7 Å². The van der Waals surface area contributed by atoms with Crippen molar-refractivity contribution in [1.82, 2.24) is 4.90 Å². The van der Waals surface area contributed by atoms with E-state index in [1.165, 1.54) is 16.5 Å². The summed E-state index contributed by atoms with van der Waals surface area (Å²) in [4.78, 5) is 16.7. The van der Waals surface area contributed by atoms with Crippen LogP contribution in [0.5, 0.6) is 11.5 Å². The van der Waals surface area contributed by atoms with Gasteiger partial charge < -0.3 is 19.6 Å². The highest BCUT2D eigenvalue weighted by molar-refractivity contribution is 5.86. The lowest BCUT2D eigenvalue weighted by molar-refractivity contribution is -0.132. The number of amides is 1. The van der Waals surface area contributed by atoms with Crippen molar-refractivity contribution in [3.63, 3.8) is 0 Å². The fourth-order valence-corrected chi connectivity index (χ4v) is 3.57. The summed E-state index contributed by atoms with van der Waals surface area (Å²) in [6, 6.07) is 21.7. The SMILES string of the molecule is O=C(CCOc1ccccc1O)N1CCN(c2ccc3ccccc3c2)CC1. The molecule has 0 aliphatic carbocycles. The predicted molar refractivity (Wildman–Crippen MR) is 111 cm³/mol. The number of carbonyl (C=O) groups is 1. The summed E-state index contributed by atoms with van der Waals surface area (Å²) in [6.45, 7) is 3.33. The molecule has 0 bridgehead atoms. The summed E-state index contributed by atoms with van der Waals surface area (Å²) in [7, 11) is 0. The van der Waals surface area contributed by atoms with Gasteiger partial charge in [0.1, 0.15) is 0 Å². The monoisotopic (exact) mass is 376 g/mol. The number of anilines is 1. The molecule has 1 N–H and O–H groups in total. The number of aromatic hydroxyl groups is 1. The maximum atomic E-state index is 12.5. The molecule has 144 valence electrons. The summed E-state index contributed by atoms with van der Waals surface area (Å²) in [5.74, 6) is 0.601. The number of carbonyl (C=O) groups excluding carboxylic acids is 1. The van der Waals surface area contributed by atoms with Crippen LogP contribution < -0.4 is 9.64 Å². The molecule has 0 spiro atoms. The lowest BCUT2D eigenvalue weighted by Crippen LogP contribution is -2.49. The average molecular weight is 376 g/mol. The highest BCUT2D eigenvalue weighted by Crippen LogP contribution is 2.25. The van der Waals surface area contributed by atoms with Crippen LogP contribution in [0.15, 0.2) is 66.7 Å². The van der Waals surface area contributed by atoms with E-state index in [0.717, 1.165) is 13.1 Å². The number of rotatable bonds is 5. The standard InChI is InChI=1S/C23H24N2O3/c26-21-7-3-4-8-22(21)28-16-11-23(27)25-14-12-24(13-15-25)20-10-9-18-5-1-2-6-19(18)17-20/h1-10,17,26H,11-16H2. The van der Waals surface area contributed by atoms with Crippen molar-refractivity contribution in [1.29, 1.82) is 0 Å². The van der Waals surface area contributed by atoms with E-state index in [1.54, 1.807) is 24.3 Å². The van der Waals surface area contributed by atoms with Crippen molar-refractivity contribution in [3.8, 4) is 11.5 Å². The summed E-state index contributed by atoms with van der Waals surface area (Å²) >= 11 is 0. The van der Waals surface area contributed by atoms with E-state index < -0.39 is 0 Å². The molecule has 5 heteroatoms. The normalized spacial score (nSPS) is 14.3. The second-order valence-corrected chi connectivity index (χ2v) is 6.97. The molecule has 0 saturated carbocycles. The number of piperazine rings is 1. The maximum Gasteiger partial charge on any atom is 0.226 e. The number of phenolic OH excluding ortho intramolecular Hbond substituents is 1. The summed E-state index contributed by atoms with van der Waals surface area (Å²) < 4.78 is 5.52. The third-order valence-corrected chi connectivity index (χ3v) is 5.17. The molecule has 1 aliphatic rings. The van der Waals surface area contributed by atoms with Crippen molar-refractivity contribution in [2.45, 2.75) is 6.42 Å². The van der Waals surface area contributed by atoms with Gasteiger partial charge in [0.25, 0.3) is 0 Å². The van der Waals surface area contributed by atoms with Gasteiger partial charge in [-0.25, -0.2) is 0 Å². The summed E-state index contributed by atoms with van der Waals surface area (Å²) in [5.41, 5.74) is 1.20. The van der Waals surface area contributed by atoms with E-state index in [9.17, 15) is 9.90 Å². The maximum absolute atomic E-state index is 12.5. The number of benzene rings is 3. The molecular weight excluding hydrogens is 352 g/mol. The molecule has 1 heterocycles. The number of hydrogen-bond acceptors (Lipinski definition) is 4. The summed E-state index contributed by atoms with van der Waals surface area (Å²) in [5, 5.41) is 12.2. The van der Waals surface area contributed by atoms with E-state index in [2.05, 4.69) is 47.4 Å². The average Bonchev–Trinajstić information content (AvgIpc) is 2.75. The van der Waals surface area contributed by atoms with Gasteiger partial charge in [-0.2, -0.15) is 0 Å². The Labute approximate surface area is 164 Å². The number of ether oxygens (including phenoxy) is 1. The molecule has 3 aromatic rings. The Bertz CT molecular complexity index is 965. The van der Waals surface area contributed by atoms with Crippen LogP contribution >= 0.6 is 0 Å². The third-order valence-electron chi connectivity index (χ3n) is 5.17. The van der Waals surface area contributed by atoms with Gasteiger partial charge in [-0.05, 0) is 35.0 Å². The Kier molecular flexibility index (Phi) is 5.33. The van der Waals surface area contributed by atoms with Gasteiger partial charge in [-0.15, -0.1) is 0 Å². The Hall–Kier alpha value is -3.21. The Morgan fingerprint density at radius 1 is 0.893 bits per heavy atom. The zero-order valence-electron chi connectivity index (χ0n) is 15.8. The van der Waals surface area contributed by atoms with Crippen LogP contribution in [-0.4, -0.2) is 48.7 Å². The number of fused-ring (bicyclic) bond motifs is 1. The molecule has 0 aromatic heterocycles. The highest BCUT2D eigenvalue weighted by Gasteiger charge is 2.21. The predicted octanol–water partition coefficient (Wildman–Crippen LogP) is 3.66. The van der Waals surface area contributed by atoms with Crippen molar-refractivity contribution < 1.29 is 14.6 Å². The van der Waals surface area contributed by atoms with Crippen LogP contribution in [0.3, 0.4) is 0 Å². The van der Waals surface area contributed by atoms with E-state index >= 15 is 0 Å². The van der Waals surface area contributed by atoms with E-state index in [1.807, 2.05) is 4.90 Å².